The van der Waals surface area contributed by atoms with Gasteiger partial charge >= 0.3 is 0 Å². The molecule has 108 valence electrons. The molecule has 0 bridgehead atoms. The molecule has 4 rings (SSSR count). The lowest BCUT2D eigenvalue weighted by Gasteiger charge is -2.03. The number of hydrogen-bond acceptors (Lipinski definition) is 5. The largest absolute Gasteiger partial charge is 0.340 e. The van der Waals surface area contributed by atoms with E-state index in [2.05, 4.69) is 24.9 Å². The fourth-order valence-corrected chi connectivity index (χ4v) is 2.41. The molecule has 3 heterocycles. The van der Waals surface area contributed by atoms with E-state index in [4.69, 9.17) is 0 Å². The molecule has 0 fully saturated rings. The normalized spacial score (nSPS) is 11.3. The summed E-state index contributed by atoms with van der Waals surface area (Å²) in [4.78, 5) is 32.3. The smallest absolute Gasteiger partial charge is 0.281 e. The Balaban J connectivity index is 1.78. The van der Waals surface area contributed by atoms with Crippen LogP contribution in [0, 0.1) is 6.92 Å². The van der Waals surface area contributed by atoms with Crippen molar-refractivity contribution in [3.63, 3.8) is 0 Å². The van der Waals surface area contributed by atoms with E-state index < -0.39 is 0 Å². The SMILES string of the molecule is Cc1ccc2nc(Cn3cnc4nccnc4c3=O)[nH]c2c1. The van der Waals surface area contributed by atoms with Gasteiger partial charge in [-0.05, 0) is 24.6 Å². The fourth-order valence-electron chi connectivity index (χ4n) is 2.41. The zero-order valence-corrected chi connectivity index (χ0v) is 11.8. The zero-order valence-electron chi connectivity index (χ0n) is 11.8. The van der Waals surface area contributed by atoms with Gasteiger partial charge in [-0.15, -0.1) is 0 Å². The molecule has 0 saturated heterocycles. The van der Waals surface area contributed by atoms with Gasteiger partial charge in [0.15, 0.2) is 11.2 Å². The number of aromatic amines is 1. The van der Waals surface area contributed by atoms with Crippen LogP contribution in [0.15, 0.2) is 41.7 Å². The van der Waals surface area contributed by atoms with Gasteiger partial charge < -0.3 is 4.98 Å². The molecule has 1 aromatic carbocycles. The highest BCUT2D eigenvalue weighted by molar-refractivity contribution is 5.75. The first-order valence-electron chi connectivity index (χ1n) is 6.82. The van der Waals surface area contributed by atoms with Crippen molar-refractivity contribution in [2.24, 2.45) is 0 Å². The number of nitrogens with one attached hydrogen (secondary N) is 1. The molecule has 0 aliphatic rings. The van der Waals surface area contributed by atoms with Gasteiger partial charge in [0.05, 0.1) is 17.6 Å². The van der Waals surface area contributed by atoms with Gasteiger partial charge in [0.2, 0.25) is 0 Å². The highest BCUT2D eigenvalue weighted by Gasteiger charge is 2.09. The van der Waals surface area contributed by atoms with E-state index in [1.807, 2.05) is 25.1 Å². The zero-order chi connectivity index (χ0) is 15.1. The molecule has 7 nitrogen and oxygen atoms in total. The first-order chi connectivity index (χ1) is 10.7. The number of fused-ring (bicyclic) bond motifs is 2. The molecule has 0 spiro atoms. The summed E-state index contributed by atoms with van der Waals surface area (Å²) in [5.41, 5.74) is 3.37. The van der Waals surface area contributed by atoms with Gasteiger partial charge in [-0.25, -0.2) is 19.9 Å². The van der Waals surface area contributed by atoms with Crippen molar-refractivity contribution in [3.05, 3.63) is 58.7 Å². The molecule has 3 aromatic heterocycles. The van der Waals surface area contributed by atoms with Crippen LogP contribution >= 0.6 is 0 Å². The number of hydrogen-bond donors (Lipinski definition) is 1. The average Bonchev–Trinajstić information content (AvgIpc) is 2.92. The molecule has 22 heavy (non-hydrogen) atoms. The second kappa shape index (κ2) is 4.73. The maximum Gasteiger partial charge on any atom is 0.281 e. The monoisotopic (exact) mass is 292 g/mol. The van der Waals surface area contributed by atoms with E-state index >= 15 is 0 Å². The summed E-state index contributed by atoms with van der Waals surface area (Å²) in [5.74, 6) is 0.702. The summed E-state index contributed by atoms with van der Waals surface area (Å²) >= 11 is 0. The second-order valence-electron chi connectivity index (χ2n) is 5.11. The van der Waals surface area contributed by atoms with E-state index in [0.29, 0.717) is 18.0 Å². The highest BCUT2D eigenvalue weighted by atomic mass is 16.1. The fraction of sp³-hybridized carbons (Fsp3) is 0.133. The minimum absolute atomic E-state index is 0.227. The van der Waals surface area contributed by atoms with Crippen LogP contribution in [0.3, 0.4) is 0 Å². The second-order valence-corrected chi connectivity index (χ2v) is 5.11. The van der Waals surface area contributed by atoms with Crippen molar-refractivity contribution in [1.29, 1.82) is 0 Å². The Kier molecular flexibility index (Phi) is 2.72. The number of aromatic nitrogens is 6. The highest BCUT2D eigenvalue weighted by Crippen LogP contribution is 2.13. The number of nitrogens with zero attached hydrogens (tertiary/aromatic N) is 5. The standard InChI is InChI=1S/C15H12N6O/c1-9-2-3-10-11(6-9)20-12(19-10)7-21-8-18-14-13(15(21)22)16-4-5-17-14/h2-6,8H,7H2,1H3,(H,19,20). The Labute approximate surface area is 124 Å². The van der Waals surface area contributed by atoms with Crippen molar-refractivity contribution in [2.75, 3.05) is 0 Å². The quantitative estimate of drug-likeness (QED) is 0.603. The molecular weight excluding hydrogens is 280 g/mol. The van der Waals surface area contributed by atoms with Crippen molar-refractivity contribution >= 4 is 22.2 Å². The van der Waals surface area contributed by atoms with Crippen molar-refractivity contribution in [3.8, 4) is 0 Å². The number of H-pyrrole nitrogens is 1. The Hall–Kier alpha value is -3.09. The van der Waals surface area contributed by atoms with Crippen LogP contribution in [0.4, 0.5) is 0 Å². The van der Waals surface area contributed by atoms with Crippen LogP contribution in [-0.4, -0.2) is 29.5 Å². The van der Waals surface area contributed by atoms with Crippen LogP contribution < -0.4 is 5.56 Å². The minimum Gasteiger partial charge on any atom is -0.340 e. The van der Waals surface area contributed by atoms with Crippen LogP contribution in [-0.2, 0) is 6.54 Å². The van der Waals surface area contributed by atoms with Crippen LogP contribution in [0.2, 0.25) is 0 Å². The first kappa shape index (κ1) is 12.6. The van der Waals surface area contributed by atoms with E-state index in [0.717, 1.165) is 16.6 Å². The van der Waals surface area contributed by atoms with E-state index in [1.165, 1.54) is 23.3 Å². The lowest BCUT2D eigenvalue weighted by molar-refractivity contribution is 0.714. The number of benzene rings is 1. The number of imidazole rings is 1. The summed E-state index contributed by atoms with van der Waals surface area (Å²) < 4.78 is 1.47. The van der Waals surface area contributed by atoms with Gasteiger partial charge in [-0.3, -0.25) is 9.36 Å². The van der Waals surface area contributed by atoms with Crippen LogP contribution in [0.1, 0.15) is 11.4 Å². The molecule has 0 saturated carbocycles. The van der Waals surface area contributed by atoms with Gasteiger partial charge in [0, 0.05) is 12.4 Å². The molecule has 0 aliphatic heterocycles. The molecule has 0 atom stereocenters. The first-order valence-corrected chi connectivity index (χ1v) is 6.82. The third-order valence-electron chi connectivity index (χ3n) is 3.47. The maximum atomic E-state index is 12.4. The van der Waals surface area contributed by atoms with Gasteiger partial charge in [-0.1, -0.05) is 6.07 Å². The van der Waals surface area contributed by atoms with Crippen LogP contribution in [0.25, 0.3) is 22.2 Å². The van der Waals surface area contributed by atoms with Crippen molar-refractivity contribution in [1.82, 2.24) is 29.5 Å². The Morgan fingerprint density at radius 2 is 2.05 bits per heavy atom. The molecule has 0 radical (unpaired) electrons. The molecule has 0 unspecified atom stereocenters. The third kappa shape index (κ3) is 2.03. The Morgan fingerprint density at radius 1 is 1.18 bits per heavy atom. The van der Waals surface area contributed by atoms with E-state index in [-0.39, 0.29) is 11.1 Å². The summed E-state index contributed by atoms with van der Waals surface area (Å²) in [6, 6.07) is 5.99. The van der Waals surface area contributed by atoms with Crippen molar-refractivity contribution in [2.45, 2.75) is 13.5 Å². The lowest BCUT2D eigenvalue weighted by Crippen LogP contribution is -2.22. The lowest BCUT2D eigenvalue weighted by atomic mass is 10.2. The topological polar surface area (TPSA) is 89.3 Å². The summed E-state index contributed by atoms with van der Waals surface area (Å²) in [6.45, 7) is 2.34. The average molecular weight is 292 g/mol. The summed E-state index contributed by atoms with van der Waals surface area (Å²) in [5, 5.41) is 0. The Morgan fingerprint density at radius 3 is 2.95 bits per heavy atom. The van der Waals surface area contributed by atoms with Gasteiger partial charge in [0.1, 0.15) is 12.2 Å². The predicted molar refractivity (Wildman–Crippen MR) is 81.5 cm³/mol. The van der Waals surface area contributed by atoms with Gasteiger partial charge in [0.25, 0.3) is 5.56 Å². The minimum atomic E-state index is -0.227. The predicted octanol–water partition coefficient (Wildman–Crippen LogP) is 1.42. The molecule has 1 N–H and O–H groups in total. The maximum absolute atomic E-state index is 12.4. The Bertz CT molecular complexity index is 1050. The van der Waals surface area contributed by atoms with Gasteiger partial charge in [-0.2, -0.15) is 0 Å². The molecular formula is C15H12N6O. The molecule has 0 amide bonds. The molecule has 7 heteroatoms. The van der Waals surface area contributed by atoms with E-state index in [1.54, 1.807) is 0 Å². The number of rotatable bonds is 2. The third-order valence-corrected chi connectivity index (χ3v) is 3.47. The summed E-state index contributed by atoms with van der Waals surface area (Å²) in [6.07, 6.45) is 4.47. The molecule has 4 aromatic rings. The van der Waals surface area contributed by atoms with Crippen LogP contribution in [0.5, 0.6) is 0 Å². The molecule has 0 aliphatic carbocycles. The van der Waals surface area contributed by atoms with Crippen molar-refractivity contribution < 1.29 is 0 Å². The number of aryl methyl sites for hydroxylation is 1. The van der Waals surface area contributed by atoms with E-state index in [9.17, 15) is 4.79 Å². The summed E-state index contributed by atoms with van der Waals surface area (Å²) in [7, 11) is 0.